The van der Waals surface area contributed by atoms with Gasteiger partial charge in [0.1, 0.15) is 0 Å². The third kappa shape index (κ3) is 21.3. The molecule has 0 bridgehead atoms. The molecule has 4 radical (unpaired) electrons. The van der Waals surface area contributed by atoms with Gasteiger partial charge in [-0.2, -0.15) is 0 Å². The zero-order valence-corrected chi connectivity index (χ0v) is 29.7. The molecule has 6 nitrogen and oxygen atoms in total. The molecule has 0 spiro atoms. The van der Waals surface area contributed by atoms with Crippen molar-refractivity contribution < 1.29 is 24.5 Å². The fraction of sp³-hybridized carbons (Fsp3) is 0.857. The number of unbranched alkanes of at least 4 members (excludes halogenated alkanes) is 6. The van der Waals surface area contributed by atoms with Gasteiger partial charge in [-0.15, -0.1) is 0 Å². The first-order valence-corrected chi connectivity index (χ1v) is 23.2. The summed E-state index contributed by atoms with van der Waals surface area (Å²) in [6.45, 7) is 15.9. The van der Waals surface area contributed by atoms with Crippen molar-refractivity contribution >= 4 is 38.7 Å². The zero-order valence-electron chi connectivity index (χ0n) is 24.8. The number of rotatable bonds is 28. The number of hydrogen-bond donors (Lipinski definition) is 0. The molecule has 0 saturated heterocycles. The van der Waals surface area contributed by atoms with Crippen molar-refractivity contribution in [2.45, 2.75) is 127 Å². The van der Waals surface area contributed by atoms with Crippen LogP contribution in [0.5, 0.6) is 0 Å². The quantitative estimate of drug-likeness (QED) is 0.0479. The maximum atomic E-state index is 6.73. The van der Waals surface area contributed by atoms with E-state index in [1.54, 1.807) is 0 Å². The van der Waals surface area contributed by atoms with Crippen molar-refractivity contribution in [2.75, 3.05) is 26.4 Å². The summed E-state index contributed by atoms with van der Waals surface area (Å²) in [7, 11) is 0.388. The van der Waals surface area contributed by atoms with E-state index in [4.69, 9.17) is 24.5 Å². The second-order valence-electron chi connectivity index (χ2n) is 9.29. The van der Waals surface area contributed by atoms with E-state index >= 15 is 0 Å². The molecule has 0 aliphatic heterocycles. The fourth-order valence-corrected chi connectivity index (χ4v) is 19.8. The summed E-state index contributed by atoms with van der Waals surface area (Å²) >= 11 is -3.32. The van der Waals surface area contributed by atoms with Gasteiger partial charge in [-0.3, -0.25) is 0 Å². The molecule has 216 valence electrons. The molecule has 0 atom stereocenters. The van der Waals surface area contributed by atoms with Gasteiger partial charge in [0.2, 0.25) is 0 Å². The standard InChI is InChI=1S/2C10H19O3Si.2C4H9.Sn/c2*1-3-5-7-12-10(9-14-11)13-8-6-4-2;2*1-3-4-2;/h2*9H,3-8H2,1-2H3;2*1,3-4H2,2H3;/q2*-1;;;+2. The molecule has 0 aromatic rings. The molecule has 0 unspecified atom stereocenters. The normalized spacial score (nSPS) is 11.2. The summed E-state index contributed by atoms with van der Waals surface area (Å²) in [4.78, 5) is 0. The molecule has 37 heavy (non-hydrogen) atoms. The molecule has 0 saturated carbocycles. The Kier molecular flexibility index (Phi) is 27.3. The molecular formula is C28H56O6Si2Sn. The summed E-state index contributed by atoms with van der Waals surface area (Å²) in [5.41, 5.74) is 4.01. The van der Waals surface area contributed by atoms with Gasteiger partial charge in [-0.1, -0.05) is 0 Å². The Morgan fingerprint density at radius 1 is 0.486 bits per heavy atom. The maximum absolute atomic E-state index is 6.73. The molecule has 0 aromatic heterocycles. The van der Waals surface area contributed by atoms with Crippen molar-refractivity contribution in [3.8, 4) is 0 Å². The van der Waals surface area contributed by atoms with Crippen LogP contribution in [0.3, 0.4) is 0 Å². The van der Waals surface area contributed by atoms with E-state index in [2.05, 4.69) is 41.5 Å². The third-order valence-corrected chi connectivity index (χ3v) is 22.1. The van der Waals surface area contributed by atoms with Gasteiger partial charge in [0.15, 0.2) is 0 Å². The fourth-order valence-electron chi connectivity index (χ4n) is 3.13. The molecule has 0 N–H and O–H groups in total. The predicted molar refractivity (Wildman–Crippen MR) is 158 cm³/mol. The van der Waals surface area contributed by atoms with Crippen LogP contribution in [0, 0.1) is 0 Å². The van der Waals surface area contributed by atoms with E-state index in [0.717, 1.165) is 85.9 Å². The van der Waals surface area contributed by atoms with E-state index in [9.17, 15) is 0 Å². The van der Waals surface area contributed by atoms with E-state index < -0.39 is 19.2 Å². The molecule has 0 aromatic carbocycles. The van der Waals surface area contributed by atoms with Gasteiger partial charge in [0.25, 0.3) is 0 Å². The molecular weight excluding hydrogens is 607 g/mol. The van der Waals surface area contributed by atoms with Crippen molar-refractivity contribution in [1.29, 1.82) is 0 Å². The van der Waals surface area contributed by atoms with E-state index in [0.29, 0.717) is 38.3 Å². The van der Waals surface area contributed by atoms with Gasteiger partial charge in [0.05, 0.1) is 0 Å². The average Bonchev–Trinajstić information content (AvgIpc) is 2.90. The zero-order chi connectivity index (χ0) is 27.5. The third-order valence-electron chi connectivity index (χ3n) is 5.63. The van der Waals surface area contributed by atoms with Gasteiger partial charge in [-0.05, 0) is 0 Å². The Bertz CT molecular complexity index is 491. The van der Waals surface area contributed by atoms with E-state index in [1.165, 1.54) is 0 Å². The van der Waals surface area contributed by atoms with Crippen LogP contribution in [0.1, 0.15) is 119 Å². The summed E-state index contributed by atoms with van der Waals surface area (Å²) in [6.07, 6.45) is 13.1. The van der Waals surface area contributed by atoms with Crippen LogP contribution < -0.4 is 0 Å². The molecule has 9 heteroatoms. The summed E-state index contributed by atoms with van der Waals surface area (Å²) in [5, 5.41) is 0. The van der Waals surface area contributed by atoms with E-state index in [-0.39, 0.29) is 19.5 Å². The second-order valence-corrected chi connectivity index (χ2v) is 22.3. The molecule has 0 amide bonds. The predicted octanol–water partition coefficient (Wildman–Crippen LogP) is 8.17. The van der Waals surface area contributed by atoms with Crippen molar-refractivity contribution in [1.82, 2.24) is 0 Å². The first-order chi connectivity index (χ1) is 18.1. The second kappa shape index (κ2) is 27.4. The summed E-state index contributed by atoms with van der Waals surface area (Å²) in [5.74, 6) is 1.23. The van der Waals surface area contributed by atoms with Gasteiger partial charge in [-0.25, -0.2) is 0 Å². The minimum absolute atomic E-state index is 0.194. The Morgan fingerprint density at radius 3 is 1.05 bits per heavy atom. The Hall–Kier alpha value is -0.168. The Morgan fingerprint density at radius 2 is 0.784 bits per heavy atom. The van der Waals surface area contributed by atoms with Gasteiger partial charge >= 0.3 is 240 Å². The van der Waals surface area contributed by atoms with Crippen molar-refractivity contribution in [2.24, 2.45) is 0 Å². The number of hydrogen-bond acceptors (Lipinski definition) is 6. The van der Waals surface area contributed by atoms with Crippen LogP contribution in [0.4, 0.5) is 0 Å². The van der Waals surface area contributed by atoms with Crippen molar-refractivity contribution in [3.63, 3.8) is 0 Å². The molecule has 0 heterocycles. The SMILES string of the molecule is CCCCOC(=C[Si][O][Sn]([CH2]CCC)([CH2]CCC)[O][Si]C=C(OCCCC)OCCCC)OCCCC. The molecule has 0 aliphatic carbocycles. The van der Waals surface area contributed by atoms with Crippen molar-refractivity contribution in [3.05, 3.63) is 23.3 Å². The monoisotopic (exact) mass is 664 g/mol. The van der Waals surface area contributed by atoms with Crippen LogP contribution in [0.2, 0.25) is 8.87 Å². The Balaban J connectivity index is 5.42. The molecule has 0 aliphatic rings. The van der Waals surface area contributed by atoms with Crippen LogP contribution in [-0.4, -0.2) is 65.2 Å². The van der Waals surface area contributed by atoms with Gasteiger partial charge < -0.3 is 0 Å². The van der Waals surface area contributed by atoms with Crippen LogP contribution >= 0.6 is 0 Å². The van der Waals surface area contributed by atoms with Crippen LogP contribution in [-0.2, 0) is 24.5 Å². The summed E-state index contributed by atoms with van der Waals surface area (Å²) < 4.78 is 39.3. The van der Waals surface area contributed by atoms with Crippen LogP contribution in [0.15, 0.2) is 23.3 Å². The Labute approximate surface area is 239 Å². The number of ether oxygens (including phenoxy) is 4. The topological polar surface area (TPSA) is 55.4 Å². The van der Waals surface area contributed by atoms with Gasteiger partial charge in [0, 0.05) is 0 Å². The average molecular weight is 664 g/mol. The van der Waals surface area contributed by atoms with E-state index in [1.807, 2.05) is 11.4 Å². The first-order valence-electron chi connectivity index (χ1n) is 14.9. The molecule has 0 fully saturated rings. The minimum atomic E-state index is -3.32. The van der Waals surface area contributed by atoms with Crippen LogP contribution in [0.25, 0.3) is 0 Å². The summed E-state index contributed by atoms with van der Waals surface area (Å²) in [6, 6.07) is 0. The molecule has 0 rings (SSSR count). The first kappa shape index (κ1) is 36.8.